The van der Waals surface area contributed by atoms with Gasteiger partial charge in [0.15, 0.2) is 0 Å². The van der Waals surface area contributed by atoms with Crippen LogP contribution in [0.1, 0.15) is 57.8 Å². The van der Waals surface area contributed by atoms with Gasteiger partial charge in [-0.2, -0.15) is 0 Å². The van der Waals surface area contributed by atoms with Crippen LogP contribution >= 0.6 is 0 Å². The van der Waals surface area contributed by atoms with Crippen LogP contribution < -0.4 is 15.1 Å². The number of amides is 1. The van der Waals surface area contributed by atoms with E-state index in [-0.39, 0.29) is 11.8 Å². The van der Waals surface area contributed by atoms with E-state index in [1.54, 1.807) is 6.33 Å². The SMILES string of the molecule is O=C(NCCC1=CCCCC1)C1CCN(c2cc(N3CCCC3)ncn2)CC1. The van der Waals surface area contributed by atoms with Crippen LogP contribution in [-0.4, -0.2) is 48.6 Å². The molecule has 1 aromatic heterocycles. The van der Waals surface area contributed by atoms with Crippen molar-refractivity contribution in [3.05, 3.63) is 24.0 Å². The van der Waals surface area contributed by atoms with Gasteiger partial charge in [0.1, 0.15) is 18.0 Å². The molecule has 0 spiro atoms. The molecule has 1 aromatic rings. The van der Waals surface area contributed by atoms with Crippen molar-refractivity contribution in [2.75, 3.05) is 42.5 Å². The molecule has 0 radical (unpaired) electrons. The molecule has 1 aliphatic carbocycles. The lowest BCUT2D eigenvalue weighted by molar-refractivity contribution is -0.125. The number of hydrogen-bond donors (Lipinski definition) is 1. The Balaban J connectivity index is 1.23. The summed E-state index contributed by atoms with van der Waals surface area (Å²) < 4.78 is 0. The standard InChI is InChI=1S/C22H33N5O/c28-22(23-11-8-18-6-2-1-3-7-18)19-9-14-27(15-10-19)21-16-20(24-17-25-21)26-12-4-5-13-26/h6,16-17,19H,1-5,7-15H2,(H,23,28). The highest BCUT2D eigenvalue weighted by Crippen LogP contribution is 2.26. The van der Waals surface area contributed by atoms with E-state index in [1.807, 2.05) is 0 Å². The van der Waals surface area contributed by atoms with Gasteiger partial charge in [-0.3, -0.25) is 4.79 Å². The fraction of sp³-hybridized carbons (Fsp3) is 0.682. The second-order valence-corrected chi connectivity index (χ2v) is 8.34. The Bertz CT molecular complexity index is 690. The highest BCUT2D eigenvalue weighted by atomic mass is 16.1. The molecule has 3 aliphatic rings. The first-order chi connectivity index (χ1) is 13.8. The number of piperidine rings is 1. The summed E-state index contributed by atoms with van der Waals surface area (Å²) >= 11 is 0. The quantitative estimate of drug-likeness (QED) is 0.764. The Morgan fingerprint density at radius 1 is 1.00 bits per heavy atom. The van der Waals surface area contributed by atoms with Crippen LogP contribution in [-0.2, 0) is 4.79 Å². The molecule has 0 bridgehead atoms. The number of anilines is 2. The van der Waals surface area contributed by atoms with Gasteiger partial charge in [-0.25, -0.2) is 9.97 Å². The minimum absolute atomic E-state index is 0.136. The fourth-order valence-corrected chi connectivity index (χ4v) is 4.62. The number of allylic oxidation sites excluding steroid dienone is 1. The molecule has 6 nitrogen and oxygen atoms in total. The zero-order valence-corrected chi connectivity index (χ0v) is 16.9. The lowest BCUT2D eigenvalue weighted by atomic mass is 9.95. The van der Waals surface area contributed by atoms with Gasteiger partial charge < -0.3 is 15.1 Å². The molecule has 1 amide bonds. The molecule has 4 rings (SSSR count). The summed E-state index contributed by atoms with van der Waals surface area (Å²) in [5.41, 5.74) is 1.53. The van der Waals surface area contributed by atoms with Gasteiger partial charge in [-0.1, -0.05) is 11.6 Å². The van der Waals surface area contributed by atoms with Crippen molar-refractivity contribution in [3.63, 3.8) is 0 Å². The molecule has 152 valence electrons. The second-order valence-electron chi connectivity index (χ2n) is 8.34. The zero-order chi connectivity index (χ0) is 19.2. The third-order valence-electron chi connectivity index (χ3n) is 6.39. The van der Waals surface area contributed by atoms with E-state index in [2.05, 4.69) is 37.2 Å². The van der Waals surface area contributed by atoms with Gasteiger partial charge in [-0.15, -0.1) is 0 Å². The first-order valence-electron chi connectivity index (χ1n) is 11.1. The molecule has 2 fully saturated rings. The minimum atomic E-state index is 0.136. The van der Waals surface area contributed by atoms with Gasteiger partial charge in [0.25, 0.3) is 0 Å². The molecule has 0 atom stereocenters. The smallest absolute Gasteiger partial charge is 0.223 e. The van der Waals surface area contributed by atoms with Crippen molar-refractivity contribution in [2.24, 2.45) is 5.92 Å². The first kappa shape index (κ1) is 19.2. The third-order valence-corrected chi connectivity index (χ3v) is 6.39. The Morgan fingerprint density at radius 2 is 1.71 bits per heavy atom. The van der Waals surface area contributed by atoms with Gasteiger partial charge in [-0.05, 0) is 57.8 Å². The summed E-state index contributed by atoms with van der Waals surface area (Å²) in [6.07, 6.45) is 14.4. The predicted octanol–water partition coefficient (Wildman–Crippen LogP) is 3.30. The van der Waals surface area contributed by atoms with E-state index < -0.39 is 0 Å². The summed E-state index contributed by atoms with van der Waals surface area (Å²) in [7, 11) is 0. The van der Waals surface area contributed by atoms with Crippen LogP contribution in [0, 0.1) is 5.92 Å². The number of aromatic nitrogens is 2. The monoisotopic (exact) mass is 383 g/mol. The summed E-state index contributed by atoms with van der Waals surface area (Å²) in [6.45, 7) is 4.75. The number of nitrogens with zero attached hydrogens (tertiary/aromatic N) is 4. The summed E-state index contributed by atoms with van der Waals surface area (Å²) in [5, 5.41) is 3.17. The van der Waals surface area contributed by atoms with Crippen LogP contribution in [0.25, 0.3) is 0 Å². The molecule has 0 unspecified atom stereocenters. The topological polar surface area (TPSA) is 61.4 Å². The normalized spacial score (nSPS) is 20.9. The largest absolute Gasteiger partial charge is 0.356 e. The molecule has 2 saturated heterocycles. The van der Waals surface area contributed by atoms with E-state index in [9.17, 15) is 4.79 Å². The van der Waals surface area contributed by atoms with Crippen molar-refractivity contribution in [3.8, 4) is 0 Å². The average molecular weight is 384 g/mol. The molecule has 0 saturated carbocycles. The molecule has 6 heteroatoms. The number of nitrogens with one attached hydrogen (secondary N) is 1. The van der Waals surface area contributed by atoms with Crippen LogP contribution in [0.2, 0.25) is 0 Å². The molecule has 3 heterocycles. The molecular weight excluding hydrogens is 350 g/mol. The summed E-state index contributed by atoms with van der Waals surface area (Å²) in [6, 6.07) is 2.11. The Kier molecular flexibility index (Phi) is 6.45. The number of carbonyl (C=O) groups excluding carboxylic acids is 1. The number of rotatable bonds is 6. The van der Waals surface area contributed by atoms with E-state index in [0.29, 0.717) is 0 Å². The lowest BCUT2D eigenvalue weighted by Gasteiger charge is -2.32. The van der Waals surface area contributed by atoms with E-state index in [0.717, 1.165) is 63.6 Å². The summed E-state index contributed by atoms with van der Waals surface area (Å²) in [5.74, 6) is 2.41. The number of hydrogen-bond acceptors (Lipinski definition) is 5. The predicted molar refractivity (Wildman–Crippen MR) is 113 cm³/mol. The van der Waals surface area contributed by atoms with Gasteiger partial charge in [0, 0.05) is 44.7 Å². The van der Waals surface area contributed by atoms with Gasteiger partial charge in [0.05, 0.1) is 0 Å². The average Bonchev–Trinajstić information content (AvgIpc) is 3.30. The second kappa shape index (κ2) is 9.39. The first-order valence-corrected chi connectivity index (χ1v) is 11.1. The van der Waals surface area contributed by atoms with Crippen molar-refractivity contribution in [1.82, 2.24) is 15.3 Å². The van der Waals surface area contributed by atoms with Crippen molar-refractivity contribution in [2.45, 2.75) is 57.8 Å². The molecule has 28 heavy (non-hydrogen) atoms. The third kappa shape index (κ3) is 4.83. The van der Waals surface area contributed by atoms with E-state index in [4.69, 9.17) is 0 Å². The van der Waals surface area contributed by atoms with Crippen molar-refractivity contribution in [1.29, 1.82) is 0 Å². The molecule has 2 aliphatic heterocycles. The highest BCUT2D eigenvalue weighted by Gasteiger charge is 2.26. The molecule has 0 aromatic carbocycles. The molecule has 1 N–H and O–H groups in total. The maximum Gasteiger partial charge on any atom is 0.223 e. The van der Waals surface area contributed by atoms with Crippen LogP contribution in [0.4, 0.5) is 11.6 Å². The van der Waals surface area contributed by atoms with Crippen LogP contribution in [0.5, 0.6) is 0 Å². The Hall–Kier alpha value is -2.11. The van der Waals surface area contributed by atoms with Crippen molar-refractivity contribution >= 4 is 17.5 Å². The minimum Gasteiger partial charge on any atom is -0.356 e. The Labute approximate surface area is 168 Å². The van der Waals surface area contributed by atoms with E-state index in [1.165, 1.54) is 44.1 Å². The zero-order valence-electron chi connectivity index (χ0n) is 16.9. The molecular formula is C22H33N5O. The number of carbonyl (C=O) groups is 1. The highest BCUT2D eigenvalue weighted by molar-refractivity contribution is 5.79. The fourth-order valence-electron chi connectivity index (χ4n) is 4.62. The Morgan fingerprint density at radius 3 is 2.39 bits per heavy atom. The van der Waals surface area contributed by atoms with E-state index >= 15 is 0 Å². The van der Waals surface area contributed by atoms with Gasteiger partial charge >= 0.3 is 0 Å². The summed E-state index contributed by atoms with van der Waals surface area (Å²) in [4.78, 5) is 26.1. The maximum atomic E-state index is 12.5. The van der Waals surface area contributed by atoms with Gasteiger partial charge in [0.2, 0.25) is 5.91 Å². The lowest BCUT2D eigenvalue weighted by Crippen LogP contribution is -2.41. The van der Waals surface area contributed by atoms with Crippen LogP contribution in [0.3, 0.4) is 0 Å². The maximum absolute atomic E-state index is 12.5. The van der Waals surface area contributed by atoms with Crippen molar-refractivity contribution < 1.29 is 4.79 Å². The van der Waals surface area contributed by atoms with Crippen LogP contribution in [0.15, 0.2) is 24.0 Å².